The molecular formula is C17H21N5O. The van der Waals surface area contributed by atoms with Crippen LogP contribution in [0.25, 0.3) is 5.57 Å². The van der Waals surface area contributed by atoms with Crippen molar-refractivity contribution in [1.29, 1.82) is 0 Å². The maximum absolute atomic E-state index is 12.4. The van der Waals surface area contributed by atoms with Crippen LogP contribution in [0.15, 0.2) is 42.7 Å². The fourth-order valence-electron chi connectivity index (χ4n) is 2.79. The van der Waals surface area contributed by atoms with Crippen LogP contribution in [0.4, 0.5) is 4.79 Å². The maximum atomic E-state index is 12.4. The van der Waals surface area contributed by atoms with Gasteiger partial charge in [-0.15, -0.1) is 10.2 Å². The Morgan fingerprint density at radius 3 is 2.70 bits per heavy atom. The lowest BCUT2D eigenvalue weighted by atomic mass is 10.00. The number of amides is 2. The van der Waals surface area contributed by atoms with Crippen molar-refractivity contribution in [2.24, 2.45) is 7.05 Å². The van der Waals surface area contributed by atoms with Crippen molar-refractivity contribution in [3.05, 3.63) is 54.1 Å². The third-order valence-electron chi connectivity index (χ3n) is 4.11. The molecule has 3 rings (SSSR count). The van der Waals surface area contributed by atoms with Gasteiger partial charge < -0.3 is 14.8 Å². The number of nitrogens with zero attached hydrogens (tertiary/aromatic N) is 4. The van der Waals surface area contributed by atoms with Gasteiger partial charge in [-0.25, -0.2) is 4.79 Å². The van der Waals surface area contributed by atoms with Gasteiger partial charge in [-0.2, -0.15) is 0 Å². The van der Waals surface area contributed by atoms with Crippen molar-refractivity contribution in [2.45, 2.75) is 19.4 Å². The molecule has 0 fully saturated rings. The summed E-state index contributed by atoms with van der Waals surface area (Å²) in [5.41, 5.74) is 2.54. The van der Waals surface area contributed by atoms with Gasteiger partial charge in [-0.3, -0.25) is 0 Å². The zero-order chi connectivity index (χ0) is 16.2. The highest BCUT2D eigenvalue weighted by Crippen LogP contribution is 2.22. The van der Waals surface area contributed by atoms with E-state index >= 15 is 0 Å². The van der Waals surface area contributed by atoms with Gasteiger partial charge in [-0.05, 0) is 24.5 Å². The van der Waals surface area contributed by atoms with Gasteiger partial charge in [0.05, 0.1) is 6.04 Å². The first-order valence-electron chi connectivity index (χ1n) is 7.79. The number of hydrogen-bond acceptors (Lipinski definition) is 3. The smallest absolute Gasteiger partial charge is 0.318 e. The topological polar surface area (TPSA) is 63.1 Å². The molecule has 1 aromatic carbocycles. The third-order valence-corrected chi connectivity index (χ3v) is 4.11. The molecule has 0 aliphatic carbocycles. The van der Waals surface area contributed by atoms with Gasteiger partial charge in [0.2, 0.25) is 0 Å². The van der Waals surface area contributed by atoms with E-state index < -0.39 is 0 Å². The molecular weight excluding hydrogens is 290 g/mol. The lowest BCUT2D eigenvalue weighted by Gasteiger charge is -2.28. The largest absolute Gasteiger partial charge is 0.328 e. The number of urea groups is 1. The van der Waals surface area contributed by atoms with Crippen LogP contribution in [-0.4, -0.2) is 38.8 Å². The van der Waals surface area contributed by atoms with E-state index in [0.717, 1.165) is 18.8 Å². The highest BCUT2D eigenvalue weighted by atomic mass is 16.2. The predicted molar refractivity (Wildman–Crippen MR) is 88.6 cm³/mol. The number of aromatic nitrogens is 3. The van der Waals surface area contributed by atoms with Crippen molar-refractivity contribution in [3.8, 4) is 0 Å². The Bertz CT molecular complexity index is 707. The zero-order valence-corrected chi connectivity index (χ0v) is 13.4. The number of rotatable bonds is 3. The van der Waals surface area contributed by atoms with Gasteiger partial charge in [0, 0.05) is 20.1 Å². The molecule has 0 saturated heterocycles. The highest BCUT2D eigenvalue weighted by Gasteiger charge is 2.21. The number of benzene rings is 1. The molecule has 1 aliphatic rings. The molecule has 1 atom stereocenters. The van der Waals surface area contributed by atoms with Crippen molar-refractivity contribution in [1.82, 2.24) is 25.0 Å². The minimum absolute atomic E-state index is 0.0659. The second kappa shape index (κ2) is 6.64. The van der Waals surface area contributed by atoms with E-state index in [9.17, 15) is 4.79 Å². The van der Waals surface area contributed by atoms with E-state index in [1.807, 2.05) is 41.6 Å². The van der Waals surface area contributed by atoms with Crippen LogP contribution in [0.3, 0.4) is 0 Å². The van der Waals surface area contributed by atoms with Crippen molar-refractivity contribution in [3.63, 3.8) is 0 Å². The van der Waals surface area contributed by atoms with Gasteiger partial charge >= 0.3 is 6.03 Å². The van der Waals surface area contributed by atoms with E-state index in [1.54, 1.807) is 6.33 Å². The molecule has 0 radical (unpaired) electrons. The van der Waals surface area contributed by atoms with Crippen LogP contribution in [0.5, 0.6) is 0 Å². The Morgan fingerprint density at radius 2 is 2.09 bits per heavy atom. The molecule has 120 valence electrons. The van der Waals surface area contributed by atoms with Crippen LogP contribution < -0.4 is 5.32 Å². The first kappa shape index (κ1) is 15.3. The van der Waals surface area contributed by atoms with Gasteiger partial charge in [0.1, 0.15) is 6.33 Å². The van der Waals surface area contributed by atoms with Crippen molar-refractivity contribution < 1.29 is 4.79 Å². The Kier molecular flexibility index (Phi) is 4.41. The standard InChI is InChI=1S/C17H21N5O/c1-13(16-20-18-12-21(16)2)19-17(23)22-10-8-15(9-11-22)14-6-4-3-5-7-14/h3-8,12-13H,9-11H2,1-2H3,(H,19,23). The molecule has 0 bridgehead atoms. The molecule has 0 spiro atoms. The van der Waals surface area contributed by atoms with Crippen LogP contribution in [-0.2, 0) is 7.05 Å². The summed E-state index contributed by atoms with van der Waals surface area (Å²) in [4.78, 5) is 14.2. The van der Waals surface area contributed by atoms with Gasteiger partial charge in [-0.1, -0.05) is 36.4 Å². The lowest BCUT2D eigenvalue weighted by Crippen LogP contribution is -2.43. The number of hydrogen-bond donors (Lipinski definition) is 1. The Morgan fingerprint density at radius 1 is 1.30 bits per heavy atom. The molecule has 1 aliphatic heterocycles. The van der Waals surface area contributed by atoms with E-state index in [-0.39, 0.29) is 12.1 Å². The van der Waals surface area contributed by atoms with Crippen molar-refractivity contribution in [2.75, 3.05) is 13.1 Å². The minimum Gasteiger partial charge on any atom is -0.328 e. The summed E-state index contributed by atoms with van der Waals surface area (Å²) in [5, 5.41) is 10.9. The molecule has 23 heavy (non-hydrogen) atoms. The predicted octanol–water partition coefficient (Wildman–Crippen LogP) is 2.38. The second-order valence-electron chi connectivity index (χ2n) is 5.76. The number of carbonyl (C=O) groups excluding carboxylic acids is 1. The maximum Gasteiger partial charge on any atom is 0.318 e. The van der Waals surface area contributed by atoms with Crippen LogP contribution in [0, 0.1) is 0 Å². The molecule has 2 heterocycles. The summed E-state index contributed by atoms with van der Waals surface area (Å²) >= 11 is 0. The fourth-order valence-corrected chi connectivity index (χ4v) is 2.79. The summed E-state index contributed by atoms with van der Waals surface area (Å²) < 4.78 is 1.81. The summed E-state index contributed by atoms with van der Waals surface area (Å²) in [6.45, 7) is 3.26. The number of carbonyl (C=O) groups is 1. The van der Waals surface area contributed by atoms with Crippen LogP contribution in [0.1, 0.15) is 30.8 Å². The molecule has 6 heteroatoms. The summed E-state index contributed by atoms with van der Waals surface area (Å²) in [6.07, 6.45) is 4.63. The highest BCUT2D eigenvalue weighted by molar-refractivity contribution is 5.77. The molecule has 1 N–H and O–H groups in total. The summed E-state index contributed by atoms with van der Waals surface area (Å²) in [6, 6.07) is 10.1. The first-order valence-corrected chi connectivity index (χ1v) is 7.79. The molecule has 2 amide bonds. The van der Waals surface area contributed by atoms with Gasteiger partial charge in [0.25, 0.3) is 0 Å². The minimum atomic E-state index is -0.172. The molecule has 1 unspecified atom stereocenters. The quantitative estimate of drug-likeness (QED) is 0.946. The number of nitrogens with one attached hydrogen (secondary N) is 1. The SMILES string of the molecule is CC(NC(=O)N1CC=C(c2ccccc2)CC1)c1nncn1C. The lowest BCUT2D eigenvalue weighted by molar-refractivity contribution is 0.199. The Balaban J connectivity index is 1.60. The van der Waals surface area contributed by atoms with Crippen LogP contribution >= 0.6 is 0 Å². The first-order chi connectivity index (χ1) is 11.1. The Hall–Kier alpha value is -2.63. The molecule has 1 aromatic heterocycles. The average molecular weight is 311 g/mol. The van der Waals surface area contributed by atoms with Crippen molar-refractivity contribution >= 4 is 11.6 Å². The fraction of sp³-hybridized carbons (Fsp3) is 0.353. The second-order valence-corrected chi connectivity index (χ2v) is 5.76. The van der Waals surface area contributed by atoms with E-state index in [0.29, 0.717) is 6.54 Å². The zero-order valence-electron chi connectivity index (χ0n) is 13.4. The summed E-state index contributed by atoms with van der Waals surface area (Å²) in [7, 11) is 1.87. The van der Waals surface area contributed by atoms with E-state index in [4.69, 9.17) is 0 Å². The molecule has 6 nitrogen and oxygen atoms in total. The number of aryl methyl sites for hydroxylation is 1. The van der Waals surface area contributed by atoms with E-state index in [2.05, 4.69) is 33.7 Å². The summed E-state index contributed by atoms with van der Waals surface area (Å²) in [5.74, 6) is 0.746. The van der Waals surface area contributed by atoms with Gasteiger partial charge in [0.15, 0.2) is 5.82 Å². The monoisotopic (exact) mass is 311 g/mol. The Labute approximate surface area is 135 Å². The molecule has 0 saturated carbocycles. The van der Waals surface area contributed by atoms with E-state index in [1.165, 1.54) is 11.1 Å². The van der Waals surface area contributed by atoms with Crippen LogP contribution in [0.2, 0.25) is 0 Å². The third kappa shape index (κ3) is 3.41. The average Bonchev–Trinajstić information content (AvgIpc) is 3.02. The normalized spacial score (nSPS) is 15.9. The molecule has 2 aromatic rings.